The molecule has 4 heteroatoms. The van der Waals surface area contributed by atoms with E-state index in [1.165, 1.54) is 0 Å². The largest absolute Gasteiger partial charge is 0.308 e. The first kappa shape index (κ1) is 11.9. The Morgan fingerprint density at radius 2 is 1.87 bits per heavy atom. The van der Waals surface area contributed by atoms with Crippen LogP contribution in [0.25, 0.3) is 0 Å². The van der Waals surface area contributed by atoms with Gasteiger partial charge in [0.15, 0.2) is 0 Å². The summed E-state index contributed by atoms with van der Waals surface area (Å²) in [5.41, 5.74) is 3.54. The quantitative estimate of drug-likeness (QED) is 0.577. The van der Waals surface area contributed by atoms with Crippen molar-refractivity contribution in [2.75, 3.05) is 5.43 Å². The first-order valence-corrected chi connectivity index (χ1v) is 5.20. The second-order valence-electron chi connectivity index (χ2n) is 5.05. The number of nitrogen functional groups attached to an aromatic ring is 1. The molecule has 1 aromatic heterocycles. The van der Waals surface area contributed by atoms with Gasteiger partial charge in [0.2, 0.25) is 0 Å². The minimum Gasteiger partial charge on any atom is -0.308 e. The van der Waals surface area contributed by atoms with Crippen LogP contribution < -0.4 is 11.3 Å². The molecule has 0 aromatic carbocycles. The fourth-order valence-electron chi connectivity index (χ4n) is 1.17. The van der Waals surface area contributed by atoms with Crippen LogP contribution in [0.4, 0.5) is 5.82 Å². The van der Waals surface area contributed by atoms with E-state index in [2.05, 4.69) is 50.0 Å². The Morgan fingerprint density at radius 1 is 1.27 bits per heavy atom. The minimum atomic E-state index is -0.0590. The van der Waals surface area contributed by atoms with E-state index in [4.69, 9.17) is 5.84 Å². The third-order valence-electron chi connectivity index (χ3n) is 2.16. The predicted molar refractivity (Wildman–Crippen MR) is 62.6 cm³/mol. The van der Waals surface area contributed by atoms with Crippen LogP contribution in [0.5, 0.6) is 0 Å². The number of hydrogen-bond donors (Lipinski definition) is 2. The number of rotatable bonds is 2. The van der Waals surface area contributed by atoms with Crippen LogP contribution in [0.3, 0.4) is 0 Å². The maximum atomic E-state index is 5.39. The third-order valence-corrected chi connectivity index (χ3v) is 2.16. The molecule has 0 fully saturated rings. The van der Waals surface area contributed by atoms with E-state index in [9.17, 15) is 0 Å². The number of nitrogens with one attached hydrogen (secondary N) is 1. The summed E-state index contributed by atoms with van der Waals surface area (Å²) in [7, 11) is 0. The molecule has 0 spiro atoms. The normalized spacial score (nSPS) is 11.9. The molecule has 4 nitrogen and oxygen atoms in total. The van der Waals surface area contributed by atoms with Gasteiger partial charge in [0, 0.05) is 17.2 Å². The number of anilines is 1. The molecular formula is C11H20N4. The molecule has 0 aliphatic heterocycles. The van der Waals surface area contributed by atoms with E-state index in [0.717, 1.165) is 11.5 Å². The molecule has 1 rings (SSSR count). The minimum absolute atomic E-state index is 0.0590. The molecule has 0 unspecified atom stereocenters. The molecule has 0 saturated carbocycles. The van der Waals surface area contributed by atoms with E-state index >= 15 is 0 Å². The molecule has 15 heavy (non-hydrogen) atoms. The average molecular weight is 208 g/mol. The van der Waals surface area contributed by atoms with Crippen molar-refractivity contribution in [1.82, 2.24) is 9.97 Å². The third kappa shape index (κ3) is 2.89. The highest BCUT2D eigenvalue weighted by atomic mass is 15.3. The number of nitrogens with zero attached hydrogens (tertiary/aromatic N) is 2. The van der Waals surface area contributed by atoms with Gasteiger partial charge in [-0.25, -0.2) is 15.8 Å². The number of hydrazine groups is 1. The molecule has 0 aliphatic carbocycles. The molecule has 0 atom stereocenters. The summed E-state index contributed by atoms with van der Waals surface area (Å²) < 4.78 is 0. The summed E-state index contributed by atoms with van der Waals surface area (Å²) in [6, 6.07) is 1.89. The second-order valence-corrected chi connectivity index (χ2v) is 5.05. The summed E-state index contributed by atoms with van der Waals surface area (Å²) in [6.07, 6.45) is 0. The van der Waals surface area contributed by atoms with Crippen LogP contribution in [-0.4, -0.2) is 9.97 Å². The second kappa shape index (κ2) is 4.14. The van der Waals surface area contributed by atoms with Crippen molar-refractivity contribution in [3.63, 3.8) is 0 Å². The smallest absolute Gasteiger partial charge is 0.143 e. The first-order chi connectivity index (χ1) is 6.84. The van der Waals surface area contributed by atoms with Gasteiger partial charge in [-0.1, -0.05) is 34.6 Å². The zero-order chi connectivity index (χ0) is 11.6. The van der Waals surface area contributed by atoms with Crippen molar-refractivity contribution in [2.24, 2.45) is 5.84 Å². The van der Waals surface area contributed by atoms with Crippen molar-refractivity contribution < 1.29 is 0 Å². The maximum Gasteiger partial charge on any atom is 0.143 e. The lowest BCUT2D eigenvalue weighted by atomic mass is 9.95. The highest BCUT2D eigenvalue weighted by Crippen LogP contribution is 2.22. The molecule has 0 radical (unpaired) electrons. The molecule has 84 valence electrons. The summed E-state index contributed by atoms with van der Waals surface area (Å²) in [5, 5.41) is 0. The standard InChI is InChI=1S/C11H20N4/c1-7(2)8-6-9(15-12)14-10(13-8)11(3,4)5/h6-7H,12H2,1-5H3,(H,13,14,15). The van der Waals surface area contributed by atoms with Gasteiger partial charge >= 0.3 is 0 Å². The van der Waals surface area contributed by atoms with Crippen LogP contribution in [0, 0.1) is 0 Å². The molecule has 0 bridgehead atoms. The van der Waals surface area contributed by atoms with Crippen molar-refractivity contribution in [1.29, 1.82) is 0 Å². The Balaban J connectivity index is 3.23. The summed E-state index contributed by atoms with van der Waals surface area (Å²) >= 11 is 0. The van der Waals surface area contributed by atoms with Gasteiger partial charge in [0.25, 0.3) is 0 Å². The summed E-state index contributed by atoms with van der Waals surface area (Å²) in [6.45, 7) is 10.5. The lowest BCUT2D eigenvalue weighted by molar-refractivity contribution is 0.539. The Labute approximate surface area is 91.3 Å². The Hall–Kier alpha value is -1.16. The van der Waals surface area contributed by atoms with Gasteiger partial charge in [0.1, 0.15) is 11.6 Å². The van der Waals surface area contributed by atoms with Crippen LogP contribution >= 0.6 is 0 Å². The maximum absolute atomic E-state index is 5.39. The van der Waals surface area contributed by atoms with Gasteiger partial charge in [-0.05, 0) is 5.92 Å². The zero-order valence-corrected chi connectivity index (χ0v) is 10.1. The fourth-order valence-corrected chi connectivity index (χ4v) is 1.17. The van der Waals surface area contributed by atoms with Gasteiger partial charge in [0.05, 0.1) is 0 Å². The molecule has 0 saturated heterocycles. The highest BCUT2D eigenvalue weighted by molar-refractivity contribution is 5.36. The number of hydrogen-bond acceptors (Lipinski definition) is 4. The average Bonchev–Trinajstić information content (AvgIpc) is 2.15. The molecule has 1 aromatic rings. The lowest BCUT2D eigenvalue weighted by Crippen LogP contribution is -2.20. The Bertz CT molecular complexity index is 339. The van der Waals surface area contributed by atoms with E-state index in [1.54, 1.807) is 0 Å². The number of nitrogens with two attached hydrogens (primary N) is 1. The van der Waals surface area contributed by atoms with Crippen LogP contribution in [0.1, 0.15) is 52.1 Å². The van der Waals surface area contributed by atoms with Gasteiger partial charge in [-0.15, -0.1) is 0 Å². The Morgan fingerprint density at radius 3 is 2.27 bits per heavy atom. The molecule has 3 N–H and O–H groups in total. The highest BCUT2D eigenvalue weighted by Gasteiger charge is 2.19. The van der Waals surface area contributed by atoms with Crippen LogP contribution in [0.15, 0.2) is 6.07 Å². The fraction of sp³-hybridized carbons (Fsp3) is 0.636. The number of aromatic nitrogens is 2. The van der Waals surface area contributed by atoms with E-state index in [1.807, 2.05) is 6.07 Å². The molecule has 0 amide bonds. The van der Waals surface area contributed by atoms with Crippen molar-refractivity contribution >= 4 is 5.82 Å². The summed E-state index contributed by atoms with van der Waals surface area (Å²) in [4.78, 5) is 8.90. The first-order valence-electron chi connectivity index (χ1n) is 5.20. The van der Waals surface area contributed by atoms with Gasteiger partial charge in [-0.3, -0.25) is 0 Å². The molecular weight excluding hydrogens is 188 g/mol. The molecule has 0 aliphatic rings. The monoisotopic (exact) mass is 208 g/mol. The Kier molecular flexibility index (Phi) is 3.29. The van der Waals surface area contributed by atoms with Crippen molar-refractivity contribution in [2.45, 2.75) is 46.0 Å². The molecule has 1 heterocycles. The van der Waals surface area contributed by atoms with Gasteiger partial charge in [-0.2, -0.15) is 0 Å². The van der Waals surface area contributed by atoms with Crippen LogP contribution in [-0.2, 0) is 5.41 Å². The van der Waals surface area contributed by atoms with Crippen LogP contribution in [0.2, 0.25) is 0 Å². The van der Waals surface area contributed by atoms with E-state index in [0.29, 0.717) is 11.7 Å². The van der Waals surface area contributed by atoms with Gasteiger partial charge < -0.3 is 5.43 Å². The van der Waals surface area contributed by atoms with Crippen molar-refractivity contribution in [3.8, 4) is 0 Å². The SMILES string of the molecule is CC(C)c1cc(NN)nc(C(C)(C)C)n1. The van der Waals surface area contributed by atoms with E-state index in [-0.39, 0.29) is 5.41 Å². The summed E-state index contributed by atoms with van der Waals surface area (Å²) in [5.74, 6) is 7.27. The zero-order valence-electron chi connectivity index (χ0n) is 10.1. The van der Waals surface area contributed by atoms with Crippen molar-refractivity contribution in [3.05, 3.63) is 17.6 Å². The lowest BCUT2D eigenvalue weighted by Gasteiger charge is -2.19. The topological polar surface area (TPSA) is 63.8 Å². The van der Waals surface area contributed by atoms with E-state index < -0.39 is 0 Å². The predicted octanol–water partition coefficient (Wildman–Crippen LogP) is 2.18.